The summed E-state index contributed by atoms with van der Waals surface area (Å²) in [5, 5.41) is 9.34. The fraction of sp³-hybridized carbons (Fsp3) is 0.933. The van der Waals surface area contributed by atoms with Crippen LogP contribution in [0, 0.1) is 11.8 Å². The number of hydrogen-bond donors (Lipinski definition) is 2. The Bertz CT molecular complexity index is 338. The molecule has 108 valence electrons. The first-order chi connectivity index (χ1) is 9.07. The Morgan fingerprint density at radius 3 is 2.21 bits per heavy atom. The van der Waals surface area contributed by atoms with Crippen LogP contribution in [0.15, 0.2) is 0 Å². The van der Waals surface area contributed by atoms with Gasteiger partial charge in [0.1, 0.15) is 5.54 Å². The quantitative estimate of drug-likeness (QED) is 0.770. The van der Waals surface area contributed by atoms with E-state index >= 15 is 0 Å². The first-order valence-electron chi connectivity index (χ1n) is 7.83. The van der Waals surface area contributed by atoms with Gasteiger partial charge in [-0.25, -0.2) is 0 Å². The highest BCUT2D eigenvalue weighted by atomic mass is 16.4. The van der Waals surface area contributed by atoms with Crippen LogP contribution in [-0.4, -0.2) is 40.6 Å². The molecule has 3 rings (SSSR count). The van der Waals surface area contributed by atoms with E-state index in [-0.39, 0.29) is 0 Å². The Balaban J connectivity index is 1.64. The van der Waals surface area contributed by atoms with E-state index in [0.29, 0.717) is 18.9 Å². The molecule has 0 spiro atoms. The summed E-state index contributed by atoms with van der Waals surface area (Å²) in [6.07, 6.45) is 8.81. The van der Waals surface area contributed by atoms with E-state index < -0.39 is 11.5 Å². The molecule has 2 unspecified atom stereocenters. The lowest BCUT2D eigenvalue weighted by Gasteiger charge is -2.41. The average Bonchev–Trinajstić information content (AvgIpc) is 3.23. The lowest BCUT2D eigenvalue weighted by Crippen LogP contribution is -2.56. The summed E-state index contributed by atoms with van der Waals surface area (Å²) in [4.78, 5) is 14.0. The fourth-order valence-electron chi connectivity index (χ4n) is 3.42. The maximum absolute atomic E-state index is 11.4. The van der Waals surface area contributed by atoms with Gasteiger partial charge in [-0.1, -0.05) is 0 Å². The molecular formula is C15H26N2O2. The molecule has 0 aromatic carbocycles. The molecule has 2 atom stereocenters. The number of carboxylic acids is 1. The predicted octanol–water partition coefficient (Wildman–Crippen LogP) is 1.83. The minimum Gasteiger partial charge on any atom is -0.480 e. The largest absolute Gasteiger partial charge is 0.480 e. The number of nitrogens with zero attached hydrogens (tertiary/aromatic N) is 1. The smallest absolute Gasteiger partial charge is 0.323 e. The Hall–Kier alpha value is -0.610. The Labute approximate surface area is 115 Å². The second-order valence-corrected chi connectivity index (χ2v) is 7.05. The molecule has 4 heteroatoms. The van der Waals surface area contributed by atoms with Gasteiger partial charge < -0.3 is 10.8 Å². The molecule has 4 nitrogen and oxygen atoms in total. The van der Waals surface area contributed by atoms with Gasteiger partial charge in [-0.3, -0.25) is 9.69 Å². The summed E-state index contributed by atoms with van der Waals surface area (Å²) >= 11 is 0. The van der Waals surface area contributed by atoms with Crippen molar-refractivity contribution in [1.82, 2.24) is 4.90 Å². The Morgan fingerprint density at radius 1 is 1.16 bits per heavy atom. The number of aliphatic carboxylic acids is 1. The van der Waals surface area contributed by atoms with Crippen LogP contribution in [0.25, 0.3) is 0 Å². The van der Waals surface area contributed by atoms with Gasteiger partial charge >= 0.3 is 5.97 Å². The Morgan fingerprint density at radius 2 is 1.74 bits per heavy atom. The highest BCUT2D eigenvalue weighted by Crippen LogP contribution is 2.38. The first-order valence-corrected chi connectivity index (χ1v) is 7.83. The van der Waals surface area contributed by atoms with E-state index in [4.69, 9.17) is 5.73 Å². The molecule has 0 saturated heterocycles. The van der Waals surface area contributed by atoms with Crippen LogP contribution in [0.1, 0.15) is 51.4 Å². The SMILES string of the molecule is NC1(C(=O)O)CCCC(N(CC2CC2)CC2CC2)C1. The Kier molecular flexibility index (Phi) is 3.56. The van der Waals surface area contributed by atoms with Crippen LogP contribution < -0.4 is 5.73 Å². The minimum atomic E-state index is -0.978. The molecule has 3 N–H and O–H groups in total. The number of nitrogens with two attached hydrogens (primary N) is 1. The zero-order valence-corrected chi connectivity index (χ0v) is 11.7. The lowest BCUT2D eigenvalue weighted by molar-refractivity contribution is -0.145. The fourth-order valence-corrected chi connectivity index (χ4v) is 3.42. The standard InChI is InChI=1S/C15H26N2O2/c16-15(14(18)19)7-1-2-13(8-15)17(9-11-3-4-11)10-12-5-6-12/h11-13H,1-10,16H2,(H,18,19). The zero-order chi connectivity index (χ0) is 13.5. The normalized spacial score (nSPS) is 35.6. The summed E-state index contributed by atoms with van der Waals surface area (Å²) in [5.41, 5.74) is 5.12. The average molecular weight is 266 g/mol. The van der Waals surface area contributed by atoms with E-state index in [1.807, 2.05) is 0 Å². The molecule has 19 heavy (non-hydrogen) atoms. The monoisotopic (exact) mass is 266 g/mol. The van der Waals surface area contributed by atoms with Gasteiger partial charge in [0, 0.05) is 19.1 Å². The van der Waals surface area contributed by atoms with Crippen molar-refractivity contribution in [1.29, 1.82) is 0 Å². The van der Waals surface area contributed by atoms with E-state index in [1.165, 1.54) is 38.8 Å². The first kappa shape index (κ1) is 13.4. The molecule has 0 amide bonds. The van der Waals surface area contributed by atoms with Gasteiger partial charge in [0.15, 0.2) is 0 Å². The van der Waals surface area contributed by atoms with Crippen LogP contribution in [-0.2, 0) is 4.79 Å². The van der Waals surface area contributed by atoms with Crippen molar-refractivity contribution in [3.63, 3.8) is 0 Å². The van der Waals surface area contributed by atoms with Crippen molar-refractivity contribution in [3.05, 3.63) is 0 Å². The number of hydrogen-bond acceptors (Lipinski definition) is 3. The zero-order valence-electron chi connectivity index (χ0n) is 11.7. The third-order valence-corrected chi connectivity index (χ3v) is 5.08. The van der Waals surface area contributed by atoms with E-state index in [2.05, 4.69) is 4.90 Å². The van der Waals surface area contributed by atoms with Crippen molar-refractivity contribution in [2.24, 2.45) is 17.6 Å². The van der Waals surface area contributed by atoms with Crippen LogP contribution in [0.5, 0.6) is 0 Å². The van der Waals surface area contributed by atoms with Crippen molar-refractivity contribution in [3.8, 4) is 0 Å². The third kappa shape index (κ3) is 3.29. The highest BCUT2D eigenvalue weighted by molar-refractivity contribution is 5.78. The predicted molar refractivity (Wildman–Crippen MR) is 73.8 cm³/mol. The maximum atomic E-state index is 11.4. The van der Waals surface area contributed by atoms with E-state index in [0.717, 1.165) is 24.7 Å². The topological polar surface area (TPSA) is 66.6 Å². The summed E-state index contributed by atoms with van der Waals surface area (Å²) < 4.78 is 0. The van der Waals surface area contributed by atoms with Gasteiger partial charge in [0.2, 0.25) is 0 Å². The molecule has 3 fully saturated rings. The van der Waals surface area contributed by atoms with Crippen molar-refractivity contribution in [2.45, 2.75) is 62.9 Å². The molecule has 0 aromatic rings. The van der Waals surface area contributed by atoms with E-state index in [9.17, 15) is 9.90 Å². The van der Waals surface area contributed by atoms with Crippen LogP contribution in [0.3, 0.4) is 0 Å². The van der Waals surface area contributed by atoms with Crippen LogP contribution in [0.4, 0.5) is 0 Å². The molecule has 0 radical (unpaired) electrons. The molecule has 3 saturated carbocycles. The second kappa shape index (κ2) is 5.06. The molecule has 3 aliphatic rings. The molecule has 0 heterocycles. The number of carbonyl (C=O) groups is 1. The molecular weight excluding hydrogens is 240 g/mol. The van der Waals surface area contributed by atoms with Gasteiger partial charge in [0.05, 0.1) is 0 Å². The van der Waals surface area contributed by atoms with Gasteiger partial charge in [-0.15, -0.1) is 0 Å². The minimum absolute atomic E-state index is 0.399. The van der Waals surface area contributed by atoms with Gasteiger partial charge in [0.25, 0.3) is 0 Å². The van der Waals surface area contributed by atoms with Gasteiger partial charge in [-0.2, -0.15) is 0 Å². The summed E-state index contributed by atoms with van der Waals surface area (Å²) in [5.74, 6) is 0.936. The summed E-state index contributed by atoms with van der Waals surface area (Å²) in [6.45, 7) is 2.35. The lowest BCUT2D eigenvalue weighted by atomic mass is 9.79. The van der Waals surface area contributed by atoms with Crippen molar-refractivity contribution in [2.75, 3.05) is 13.1 Å². The molecule has 0 aliphatic heterocycles. The summed E-state index contributed by atoms with van der Waals surface area (Å²) in [7, 11) is 0. The molecule has 0 aromatic heterocycles. The van der Waals surface area contributed by atoms with Crippen LogP contribution in [0.2, 0.25) is 0 Å². The second-order valence-electron chi connectivity index (χ2n) is 7.05. The van der Waals surface area contributed by atoms with Crippen molar-refractivity contribution >= 4 is 5.97 Å². The molecule has 0 bridgehead atoms. The third-order valence-electron chi connectivity index (χ3n) is 5.08. The number of carboxylic acid groups (broad SMARTS) is 1. The summed E-state index contributed by atoms with van der Waals surface area (Å²) in [6, 6.07) is 0.399. The molecule has 3 aliphatic carbocycles. The van der Waals surface area contributed by atoms with Crippen molar-refractivity contribution < 1.29 is 9.90 Å². The highest BCUT2D eigenvalue weighted by Gasteiger charge is 2.42. The maximum Gasteiger partial charge on any atom is 0.323 e. The van der Waals surface area contributed by atoms with E-state index in [1.54, 1.807) is 0 Å². The van der Waals surface area contributed by atoms with Gasteiger partial charge in [-0.05, 0) is 63.2 Å². The number of rotatable bonds is 6. The van der Waals surface area contributed by atoms with Crippen LogP contribution >= 0.6 is 0 Å².